The molecule has 10 atom stereocenters. The second kappa shape index (κ2) is 18.6. The Hall–Kier alpha value is -6.56. The van der Waals surface area contributed by atoms with E-state index >= 15 is 0 Å². The van der Waals surface area contributed by atoms with Gasteiger partial charge in [0.1, 0.15) is 0 Å². The standard InChI is InChI=1S/C32H38N8O18/c1-13(41)51-21-23(53-15(3)43)27(55-17(5)45)31(49,35-37-33)57-25(21)29(47)39(7)19-9-11-20(12-10-19)40(8)30(48)26-22(52-14(2)42)24(54-16(4)44)28(56-18(6)46)32(50,58-26)36-38-34/h9-12,21-28,49-50H,1-8H3/t21-,22-,23-,24-,25-,26-,27+,28+,31-,32-/m0/s1. The third-order valence-corrected chi connectivity index (χ3v) is 8.13. The van der Waals surface area contributed by atoms with Gasteiger partial charge in [-0.15, -0.1) is 0 Å². The quantitative estimate of drug-likeness (QED) is 0.0914. The molecule has 2 amide bonds. The zero-order chi connectivity index (χ0) is 43.9. The summed E-state index contributed by atoms with van der Waals surface area (Å²) < 4.78 is 41.8. The lowest BCUT2D eigenvalue weighted by molar-refractivity contribution is -0.338. The maximum atomic E-state index is 14.0. The van der Waals surface area contributed by atoms with Crippen molar-refractivity contribution in [2.45, 2.75) is 102 Å². The van der Waals surface area contributed by atoms with Crippen LogP contribution in [0.5, 0.6) is 0 Å². The Morgan fingerprint density at radius 1 is 0.552 bits per heavy atom. The Kier molecular flexibility index (Phi) is 14.7. The molecule has 2 N–H and O–H groups in total. The molecular formula is C32H38N8O18. The minimum absolute atomic E-state index is 0.0295. The number of hydrogen-bond donors (Lipinski definition) is 2. The van der Waals surface area contributed by atoms with E-state index in [0.29, 0.717) is 0 Å². The van der Waals surface area contributed by atoms with Crippen molar-refractivity contribution in [1.29, 1.82) is 0 Å². The first-order chi connectivity index (χ1) is 27.0. The molecule has 0 bridgehead atoms. The molecule has 0 aliphatic carbocycles. The molecule has 26 heteroatoms. The Labute approximate surface area is 326 Å². The number of aliphatic hydroxyl groups is 2. The van der Waals surface area contributed by atoms with Crippen LogP contribution in [0.1, 0.15) is 41.5 Å². The van der Waals surface area contributed by atoms with E-state index in [4.69, 9.17) is 37.9 Å². The molecule has 2 heterocycles. The number of azide groups is 2. The summed E-state index contributed by atoms with van der Waals surface area (Å²) in [5, 5.41) is 28.6. The number of hydrogen-bond acceptors (Lipinski definition) is 20. The minimum atomic E-state index is -3.19. The third-order valence-electron chi connectivity index (χ3n) is 8.13. The van der Waals surface area contributed by atoms with Crippen LogP contribution < -0.4 is 9.80 Å². The molecule has 0 saturated carbocycles. The predicted octanol–water partition coefficient (Wildman–Crippen LogP) is -0.0872. The van der Waals surface area contributed by atoms with E-state index in [1.54, 1.807) is 0 Å². The molecule has 3 rings (SSSR count). The van der Waals surface area contributed by atoms with E-state index in [1.807, 2.05) is 0 Å². The lowest BCUT2D eigenvalue weighted by Crippen LogP contribution is -2.69. The van der Waals surface area contributed by atoms with Crippen molar-refractivity contribution in [2.75, 3.05) is 23.9 Å². The van der Waals surface area contributed by atoms with E-state index in [2.05, 4.69) is 20.1 Å². The fourth-order valence-electron chi connectivity index (χ4n) is 5.89. The number of rotatable bonds is 12. The van der Waals surface area contributed by atoms with E-state index in [-0.39, 0.29) is 11.4 Å². The van der Waals surface area contributed by atoms with Crippen LogP contribution in [0.4, 0.5) is 11.4 Å². The van der Waals surface area contributed by atoms with Crippen molar-refractivity contribution >= 4 is 59.0 Å². The minimum Gasteiger partial charge on any atom is -0.455 e. The van der Waals surface area contributed by atoms with Gasteiger partial charge >= 0.3 is 35.8 Å². The third kappa shape index (κ3) is 10.4. The van der Waals surface area contributed by atoms with E-state index < -0.39 is 108 Å². The number of carbonyl (C=O) groups excluding carboxylic acids is 8. The van der Waals surface area contributed by atoms with Crippen molar-refractivity contribution in [3.63, 3.8) is 0 Å². The zero-order valence-corrected chi connectivity index (χ0v) is 31.9. The highest BCUT2D eigenvalue weighted by atomic mass is 16.7. The fourth-order valence-corrected chi connectivity index (χ4v) is 5.89. The molecule has 2 aliphatic rings. The summed E-state index contributed by atoms with van der Waals surface area (Å²) in [5.74, 6) is -14.9. The van der Waals surface area contributed by atoms with E-state index in [1.165, 1.54) is 38.4 Å². The van der Waals surface area contributed by atoms with Gasteiger partial charge in [-0.3, -0.25) is 38.4 Å². The topological polar surface area (TPSA) is 355 Å². The van der Waals surface area contributed by atoms with Gasteiger partial charge in [0.05, 0.1) is 0 Å². The van der Waals surface area contributed by atoms with Gasteiger partial charge in [0, 0.05) is 76.8 Å². The van der Waals surface area contributed by atoms with Crippen LogP contribution in [-0.4, -0.2) is 133 Å². The lowest BCUT2D eigenvalue weighted by Gasteiger charge is -2.46. The molecule has 314 valence electrons. The van der Waals surface area contributed by atoms with Crippen LogP contribution in [-0.2, 0) is 76.3 Å². The van der Waals surface area contributed by atoms with Crippen molar-refractivity contribution < 1.29 is 86.5 Å². The number of likely N-dealkylation sites (N-methyl/N-ethyl adjacent to an activating group) is 2. The largest absolute Gasteiger partial charge is 0.455 e. The Bertz CT molecular complexity index is 1780. The van der Waals surface area contributed by atoms with Gasteiger partial charge in [-0.25, -0.2) is 0 Å². The SMILES string of the molecule is CC(=O)O[C@H]1[C@H](OC(C)=O)[C@@H](OC(C)=O)[C@@](O)(N=[N+]=[N-])O[C@@H]1C(=O)N(C)c1ccc(N(C)C(=O)[C@H]2O[C@](O)(N=[N+]=[N-])[C@H](OC(C)=O)[C@@H](OC(C)=O)[C@@H]2OC(C)=O)cc1. The molecule has 0 aromatic heterocycles. The molecule has 1 aromatic rings. The normalized spacial score (nSPS) is 28.7. The second-order valence-corrected chi connectivity index (χ2v) is 12.4. The number of carbonyl (C=O) groups is 8. The second-order valence-electron chi connectivity index (χ2n) is 12.4. The van der Waals surface area contributed by atoms with Gasteiger partial charge in [0.15, 0.2) is 36.6 Å². The number of ether oxygens (including phenoxy) is 8. The molecule has 1 aromatic carbocycles. The monoisotopic (exact) mass is 822 g/mol. The Morgan fingerprint density at radius 2 is 0.810 bits per heavy atom. The maximum Gasteiger partial charge on any atom is 0.303 e. The van der Waals surface area contributed by atoms with Crippen LogP contribution >= 0.6 is 0 Å². The summed E-state index contributed by atoms with van der Waals surface area (Å²) in [6.45, 7) is 5.48. The van der Waals surface area contributed by atoms with Gasteiger partial charge in [-0.05, 0) is 45.6 Å². The van der Waals surface area contributed by atoms with Crippen molar-refractivity contribution in [1.82, 2.24) is 0 Å². The van der Waals surface area contributed by atoms with Gasteiger partial charge in [-0.1, -0.05) is 0 Å². The number of benzene rings is 1. The number of nitrogens with zero attached hydrogens (tertiary/aromatic N) is 8. The molecule has 0 spiro atoms. The molecule has 0 radical (unpaired) electrons. The summed E-state index contributed by atoms with van der Waals surface area (Å²) in [5.41, 5.74) is 18.4. The summed E-state index contributed by atoms with van der Waals surface area (Å²) >= 11 is 0. The van der Waals surface area contributed by atoms with E-state index in [0.717, 1.165) is 51.3 Å². The van der Waals surface area contributed by atoms with E-state index in [9.17, 15) is 59.6 Å². The fraction of sp³-hybridized carbons (Fsp3) is 0.562. The molecule has 2 fully saturated rings. The van der Waals surface area contributed by atoms with Crippen LogP contribution in [0, 0.1) is 0 Å². The highest BCUT2D eigenvalue weighted by Gasteiger charge is 2.63. The molecular weight excluding hydrogens is 784 g/mol. The zero-order valence-electron chi connectivity index (χ0n) is 31.9. The van der Waals surface area contributed by atoms with Crippen molar-refractivity contribution in [3.8, 4) is 0 Å². The number of anilines is 2. The Balaban J connectivity index is 2.03. The average molecular weight is 823 g/mol. The van der Waals surface area contributed by atoms with Crippen LogP contribution in [0.15, 0.2) is 34.5 Å². The Morgan fingerprint density at radius 3 is 1.05 bits per heavy atom. The lowest BCUT2D eigenvalue weighted by atomic mass is 9.94. The first-order valence-electron chi connectivity index (χ1n) is 16.6. The summed E-state index contributed by atoms with van der Waals surface area (Å²) in [6, 6.07) is 5.08. The first kappa shape index (κ1) is 45.8. The predicted molar refractivity (Wildman–Crippen MR) is 185 cm³/mol. The summed E-state index contributed by atoms with van der Waals surface area (Å²) in [6.07, 6.45) is -16.2. The molecule has 58 heavy (non-hydrogen) atoms. The first-order valence-corrected chi connectivity index (χ1v) is 16.6. The van der Waals surface area contributed by atoms with Gasteiger partial charge in [0.25, 0.3) is 23.6 Å². The molecule has 0 unspecified atom stereocenters. The smallest absolute Gasteiger partial charge is 0.303 e. The summed E-state index contributed by atoms with van der Waals surface area (Å²) in [7, 11) is 2.38. The molecule has 2 aliphatic heterocycles. The van der Waals surface area contributed by atoms with Gasteiger partial charge in [0.2, 0.25) is 12.2 Å². The van der Waals surface area contributed by atoms with Gasteiger partial charge in [-0.2, -0.15) is 0 Å². The molecule has 2 saturated heterocycles. The highest BCUT2D eigenvalue weighted by Crippen LogP contribution is 2.38. The van der Waals surface area contributed by atoms with Crippen molar-refractivity contribution in [3.05, 3.63) is 45.2 Å². The van der Waals surface area contributed by atoms with Crippen molar-refractivity contribution in [2.24, 2.45) is 10.2 Å². The molecule has 26 nitrogen and oxygen atoms in total. The summed E-state index contributed by atoms with van der Waals surface area (Å²) in [4.78, 5) is 107. The van der Waals surface area contributed by atoms with Crippen LogP contribution in [0.3, 0.4) is 0 Å². The maximum absolute atomic E-state index is 14.0. The van der Waals surface area contributed by atoms with Crippen LogP contribution in [0.25, 0.3) is 20.9 Å². The number of esters is 6. The van der Waals surface area contributed by atoms with Crippen LogP contribution in [0.2, 0.25) is 0 Å². The average Bonchev–Trinajstić information content (AvgIpc) is 3.11. The van der Waals surface area contributed by atoms with Gasteiger partial charge < -0.3 is 57.9 Å². The number of amides is 2. The highest BCUT2D eigenvalue weighted by molar-refractivity contribution is 5.99.